The fourth-order valence-corrected chi connectivity index (χ4v) is 4.79. The number of hydrogen-bond donors (Lipinski definition) is 0. The normalized spacial score (nSPS) is 11.3. The van der Waals surface area contributed by atoms with Crippen molar-refractivity contribution < 1.29 is 31.9 Å². The number of carbonyl (C=O) groups excluding carboxylic acids is 2. The third-order valence-electron chi connectivity index (χ3n) is 5.15. The number of carbonyl (C=O) groups is 2. The van der Waals surface area contributed by atoms with Gasteiger partial charge in [0.1, 0.15) is 22.7 Å². The number of aryl methyl sites for hydroxylation is 2. The Hall–Kier alpha value is -4.11. The van der Waals surface area contributed by atoms with Gasteiger partial charge in [-0.15, -0.1) is 0 Å². The topological polar surface area (TPSA) is 103 Å². The summed E-state index contributed by atoms with van der Waals surface area (Å²) in [4.78, 5) is 25.4. The summed E-state index contributed by atoms with van der Waals surface area (Å²) in [5.74, 6) is -0.168. The minimum absolute atomic E-state index is 0.0278. The average molecular weight is 480 g/mol. The van der Waals surface area contributed by atoms with Crippen LogP contribution in [0.2, 0.25) is 0 Å². The first-order valence-electron chi connectivity index (χ1n) is 10.2. The van der Waals surface area contributed by atoms with Crippen molar-refractivity contribution >= 4 is 38.7 Å². The number of benzene rings is 3. The van der Waals surface area contributed by atoms with Gasteiger partial charge in [0.15, 0.2) is 0 Å². The lowest BCUT2D eigenvalue weighted by atomic mass is 10.1. The van der Waals surface area contributed by atoms with Gasteiger partial charge in [-0.1, -0.05) is 35.9 Å². The first-order valence-corrected chi connectivity index (χ1v) is 11.7. The molecule has 0 saturated carbocycles. The molecule has 34 heavy (non-hydrogen) atoms. The first-order chi connectivity index (χ1) is 16.2. The van der Waals surface area contributed by atoms with Gasteiger partial charge < -0.3 is 13.9 Å². The van der Waals surface area contributed by atoms with Crippen LogP contribution in [0.4, 0.5) is 10.5 Å². The number of methoxy groups -OCH3 is 1. The number of nitrogens with zero attached hydrogens (tertiary/aromatic N) is 1. The van der Waals surface area contributed by atoms with E-state index in [-0.39, 0.29) is 21.9 Å². The number of esters is 1. The number of para-hydroxylation sites is 1. The van der Waals surface area contributed by atoms with E-state index in [0.717, 1.165) is 5.56 Å². The summed E-state index contributed by atoms with van der Waals surface area (Å²) in [7, 11) is -3.15. The van der Waals surface area contributed by atoms with Crippen LogP contribution in [0.3, 0.4) is 0 Å². The molecule has 1 aromatic heterocycles. The number of amides is 1. The zero-order chi connectivity index (χ0) is 24.5. The number of hydrogen-bond acceptors (Lipinski definition) is 7. The van der Waals surface area contributed by atoms with Crippen LogP contribution in [0.25, 0.3) is 11.0 Å². The van der Waals surface area contributed by atoms with E-state index in [2.05, 4.69) is 0 Å². The standard InChI is InChI=1S/C25H21NO7S/c1-16-9-12-20(13-10-16)34(29,30)26(25(28)33-19-7-5-4-6-8-19)18-11-14-22-21(15-18)23(17(2)32-22)24(27)31-3/h4-15H,1-3H3. The molecule has 0 radical (unpaired) electrons. The van der Waals surface area contributed by atoms with Crippen molar-refractivity contribution in [2.45, 2.75) is 18.7 Å². The van der Waals surface area contributed by atoms with Gasteiger partial charge in [0.25, 0.3) is 10.0 Å². The van der Waals surface area contributed by atoms with Gasteiger partial charge in [-0.25, -0.2) is 18.0 Å². The van der Waals surface area contributed by atoms with Crippen LogP contribution in [0, 0.1) is 13.8 Å². The minimum atomic E-state index is -4.38. The van der Waals surface area contributed by atoms with E-state index in [4.69, 9.17) is 13.9 Å². The van der Waals surface area contributed by atoms with Gasteiger partial charge in [-0.3, -0.25) is 0 Å². The molecule has 0 aliphatic carbocycles. The summed E-state index contributed by atoms with van der Waals surface area (Å²) in [6, 6.07) is 18.5. The van der Waals surface area contributed by atoms with Crippen LogP contribution in [-0.4, -0.2) is 27.6 Å². The maximum atomic E-state index is 13.6. The number of anilines is 1. The fourth-order valence-electron chi connectivity index (χ4n) is 3.48. The Kier molecular flexibility index (Phi) is 6.12. The number of ether oxygens (including phenoxy) is 2. The summed E-state index contributed by atoms with van der Waals surface area (Å²) in [5, 5.41) is 0.304. The van der Waals surface area contributed by atoms with Gasteiger partial charge in [-0.2, -0.15) is 4.31 Å². The predicted molar refractivity (Wildman–Crippen MR) is 126 cm³/mol. The van der Waals surface area contributed by atoms with E-state index in [1.54, 1.807) is 37.3 Å². The monoisotopic (exact) mass is 479 g/mol. The molecular weight excluding hydrogens is 458 g/mol. The number of furan rings is 1. The zero-order valence-corrected chi connectivity index (χ0v) is 19.5. The van der Waals surface area contributed by atoms with E-state index in [9.17, 15) is 18.0 Å². The molecule has 174 valence electrons. The second-order valence-electron chi connectivity index (χ2n) is 7.47. The summed E-state index contributed by atoms with van der Waals surface area (Å²) in [5.41, 5.74) is 1.31. The van der Waals surface area contributed by atoms with Crippen LogP contribution in [-0.2, 0) is 14.8 Å². The van der Waals surface area contributed by atoms with Crippen molar-refractivity contribution in [1.29, 1.82) is 0 Å². The van der Waals surface area contributed by atoms with Crippen molar-refractivity contribution in [2.24, 2.45) is 0 Å². The molecule has 4 rings (SSSR count). The van der Waals surface area contributed by atoms with Crippen molar-refractivity contribution in [2.75, 3.05) is 11.4 Å². The van der Waals surface area contributed by atoms with E-state index in [0.29, 0.717) is 21.0 Å². The van der Waals surface area contributed by atoms with E-state index in [1.165, 1.54) is 49.6 Å². The molecule has 0 aliphatic heterocycles. The van der Waals surface area contributed by atoms with Gasteiger partial charge in [0.2, 0.25) is 0 Å². The van der Waals surface area contributed by atoms with Crippen LogP contribution in [0.5, 0.6) is 5.75 Å². The van der Waals surface area contributed by atoms with Crippen LogP contribution >= 0.6 is 0 Å². The summed E-state index contributed by atoms with van der Waals surface area (Å²) in [6.07, 6.45) is -1.13. The molecule has 0 aliphatic rings. The van der Waals surface area contributed by atoms with Gasteiger partial charge >= 0.3 is 12.1 Å². The molecule has 4 aromatic rings. The van der Waals surface area contributed by atoms with Crippen molar-refractivity contribution in [3.63, 3.8) is 0 Å². The Morgan fingerprint density at radius 1 is 0.912 bits per heavy atom. The average Bonchev–Trinajstić information content (AvgIpc) is 3.14. The highest BCUT2D eigenvalue weighted by Crippen LogP contribution is 2.33. The Labute approximate surface area is 196 Å². The Morgan fingerprint density at radius 2 is 1.59 bits per heavy atom. The van der Waals surface area contributed by atoms with Gasteiger partial charge in [0, 0.05) is 5.39 Å². The highest BCUT2D eigenvalue weighted by atomic mass is 32.2. The molecule has 0 fully saturated rings. The lowest BCUT2D eigenvalue weighted by Gasteiger charge is -2.22. The van der Waals surface area contributed by atoms with Crippen molar-refractivity contribution in [3.05, 3.63) is 89.7 Å². The quantitative estimate of drug-likeness (QED) is 0.361. The Bertz CT molecular complexity index is 1470. The van der Waals surface area contributed by atoms with Crippen molar-refractivity contribution in [3.8, 4) is 5.75 Å². The van der Waals surface area contributed by atoms with Gasteiger partial charge in [-0.05, 0) is 56.3 Å². The third-order valence-corrected chi connectivity index (χ3v) is 6.85. The zero-order valence-electron chi connectivity index (χ0n) is 18.6. The second-order valence-corrected chi connectivity index (χ2v) is 9.26. The SMILES string of the molecule is COC(=O)c1c(C)oc2ccc(N(C(=O)Oc3ccccc3)S(=O)(=O)c3ccc(C)cc3)cc12. The molecule has 0 bridgehead atoms. The Morgan fingerprint density at radius 3 is 2.24 bits per heavy atom. The highest BCUT2D eigenvalue weighted by Gasteiger charge is 2.34. The van der Waals surface area contributed by atoms with Crippen molar-refractivity contribution in [1.82, 2.24) is 0 Å². The van der Waals surface area contributed by atoms with E-state index >= 15 is 0 Å². The molecule has 1 amide bonds. The predicted octanol–water partition coefficient (Wildman–Crippen LogP) is 5.23. The first kappa shape index (κ1) is 23.1. The lowest BCUT2D eigenvalue weighted by Crippen LogP contribution is -2.39. The molecule has 0 N–H and O–H groups in total. The molecule has 0 atom stereocenters. The summed E-state index contributed by atoms with van der Waals surface area (Å²) >= 11 is 0. The largest absolute Gasteiger partial charge is 0.465 e. The molecule has 9 heteroatoms. The molecule has 3 aromatic carbocycles. The molecule has 0 spiro atoms. The Balaban J connectivity index is 1.88. The van der Waals surface area contributed by atoms with E-state index < -0.39 is 22.1 Å². The molecule has 0 saturated heterocycles. The maximum Gasteiger partial charge on any atom is 0.434 e. The molecule has 1 heterocycles. The summed E-state index contributed by atoms with van der Waals surface area (Å²) < 4.78 is 43.6. The third kappa shape index (κ3) is 4.25. The molecular formula is C25H21NO7S. The van der Waals surface area contributed by atoms with Crippen LogP contribution < -0.4 is 9.04 Å². The second kappa shape index (κ2) is 9.03. The number of fused-ring (bicyclic) bond motifs is 1. The number of sulfonamides is 1. The van der Waals surface area contributed by atoms with E-state index in [1.807, 2.05) is 6.92 Å². The lowest BCUT2D eigenvalue weighted by molar-refractivity contribution is 0.0600. The van der Waals surface area contributed by atoms with Crippen LogP contribution in [0.1, 0.15) is 21.7 Å². The molecule has 8 nitrogen and oxygen atoms in total. The number of rotatable bonds is 5. The fraction of sp³-hybridized carbons (Fsp3) is 0.120. The maximum absolute atomic E-state index is 13.6. The summed E-state index contributed by atoms with van der Waals surface area (Å²) in [6.45, 7) is 3.41. The molecule has 0 unspecified atom stereocenters. The smallest absolute Gasteiger partial charge is 0.434 e. The van der Waals surface area contributed by atoms with Gasteiger partial charge in [0.05, 0.1) is 17.7 Å². The highest BCUT2D eigenvalue weighted by molar-refractivity contribution is 7.93. The minimum Gasteiger partial charge on any atom is -0.465 e. The van der Waals surface area contributed by atoms with Crippen LogP contribution in [0.15, 0.2) is 82.1 Å².